The van der Waals surface area contributed by atoms with E-state index in [1.807, 2.05) is 71.9 Å². The zero-order valence-electron chi connectivity index (χ0n) is 20.8. The maximum Gasteiger partial charge on any atom is 0.103 e. The highest BCUT2D eigenvalue weighted by atomic mass is 35.5. The third-order valence-corrected chi connectivity index (χ3v) is 4.80. The van der Waals surface area contributed by atoms with Gasteiger partial charge in [-0.05, 0) is 62.1 Å². The summed E-state index contributed by atoms with van der Waals surface area (Å²) in [4.78, 5) is 4.71. The maximum absolute atomic E-state index is 5.97. The quantitative estimate of drug-likeness (QED) is 0.233. The van der Waals surface area contributed by atoms with Crippen LogP contribution in [0, 0.1) is 0 Å². The van der Waals surface area contributed by atoms with Gasteiger partial charge in [0.25, 0.3) is 0 Å². The number of amidine groups is 1. The van der Waals surface area contributed by atoms with Crippen molar-refractivity contribution < 1.29 is 0 Å². The fourth-order valence-corrected chi connectivity index (χ4v) is 3.15. The number of halogens is 1. The van der Waals surface area contributed by atoms with Crippen LogP contribution >= 0.6 is 11.6 Å². The van der Waals surface area contributed by atoms with E-state index in [1.54, 1.807) is 0 Å². The van der Waals surface area contributed by atoms with Crippen LogP contribution in [0.4, 0.5) is 5.69 Å². The lowest BCUT2D eigenvalue weighted by molar-refractivity contribution is 0.632. The highest BCUT2D eigenvalue weighted by molar-refractivity contribution is 6.30. The number of unbranched alkanes of at least 4 members (excludes halogenated alkanes) is 4. The van der Waals surface area contributed by atoms with E-state index in [9.17, 15) is 0 Å². The number of allylic oxidation sites excluding steroid dienone is 1. The lowest BCUT2D eigenvalue weighted by atomic mass is 10.1. The predicted octanol–water partition coefficient (Wildman–Crippen LogP) is 9.80. The number of rotatable bonds is 9. The van der Waals surface area contributed by atoms with E-state index in [-0.39, 0.29) is 0 Å². The molecule has 0 saturated heterocycles. The molecule has 0 spiro atoms. The summed E-state index contributed by atoms with van der Waals surface area (Å²) in [6, 6.07) is 16.5. The normalized spacial score (nSPS) is 11.1. The van der Waals surface area contributed by atoms with Crippen molar-refractivity contribution in [1.82, 2.24) is 0 Å². The number of nitrogens with zero attached hydrogens (tertiary/aromatic N) is 1. The molecule has 31 heavy (non-hydrogen) atoms. The van der Waals surface area contributed by atoms with Crippen molar-refractivity contribution in [2.24, 2.45) is 4.99 Å². The first-order chi connectivity index (χ1) is 15.1. The molecule has 0 radical (unpaired) electrons. The molecular formula is C28H43ClN2. The number of anilines is 1. The van der Waals surface area contributed by atoms with Gasteiger partial charge in [0, 0.05) is 10.7 Å². The van der Waals surface area contributed by atoms with Gasteiger partial charge in [0.1, 0.15) is 5.84 Å². The molecule has 2 aromatic carbocycles. The highest BCUT2D eigenvalue weighted by Gasteiger charge is 2.02. The molecule has 0 unspecified atom stereocenters. The average Bonchev–Trinajstić information content (AvgIpc) is 2.82. The van der Waals surface area contributed by atoms with Gasteiger partial charge in [-0.3, -0.25) is 0 Å². The molecule has 0 aliphatic carbocycles. The highest BCUT2D eigenvalue weighted by Crippen LogP contribution is 2.19. The Labute approximate surface area is 196 Å². The first-order valence-electron chi connectivity index (χ1n) is 12.0. The second-order valence-electron chi connectivity index (χ2n) is 6.86. The van der Waals surface area contributed by atoms with E-state index in [4.69, 9.17) is 16.6 Å². The van der Waals surface area contributed by atoms with Crippen molar-refractivity contribution in [3.63, 3.8) is 0 Å². The van der Waals surface area contributed by atoms with Gasteiger partial charge in [-0.2, -0.15) is 0 Å². The second kappa shape index (κ2) is 18.7. The number of aliphatic imine (C=N–C) groups is 1. The Morgan fingerprint density at radius 3 is 2.00 bits per heavy atom. The topological polar surface area (TPSA) is 24.4 Å². The average molecular weight is 443 g/mol. The summed E-state index contributed by atoms with van der Waals surface area (Å²) in [5, 5.41) is 4.12. The largest absolute Gasteiger partial charge is 0.344 e. The van der Waals surface area contributed by atoms with Gasteiger partial charge in [-0.15, -0.1) is 0 Å². The molecular weight excluding hydrogens is 400 g/mol. The third-order valence-electron chi connectivity index (χ3n) is 4.55. The number of aryl methyl sites for hydroxylation is 1. The molecule has 3 heteroatoms. The number of hydrogen-bond donors (Lipinski definition) is 1. The third kappa shape index (κ3) is 12.4. The summed E-state index contributed by atoms with van der Waals surface area (Å²) in [7, 11) is 0. The summed E-state index contributed by atoms with van der Waals surface area (Å²) in [6.45, 7) is 14.2. The lowest BCUT2D eigenvalue weighted by Crippen LogP contribution is -2.07. The van der Waals surface area contributed by atoms with Gasteiger partial charge in [0.15, 0.2) is 0 Å². The molecule has 2 aromatic rings. The lowest BCUT2D eigenvalue weighted by Gasteiger charge is -2.09. The van der Waals surface area contributed by atoms with Crippen LogP contribution in [0.1, 0.15) is 91.7 Å². The monoisotopic (exact) mass is 442 g/mol. The van der Waals surface area contributed by atoms with E-state index in [1.165, 1.54) is 37.7 Å². The summed E-state index contributed by atoms with van der Waals surface area (Å²) in [6.07, 6.45) is 9.79. The van der Waals surface area contributed by atoms with Crippen LogP contribution in [0.15, 0.2) is 59.6 Å². The van der Waals surface area contributed by atoms with Crippen molar-refractivity contribution in [1.29, 1.82) is 0 Å². The molecule has 0 saturated carbocycles. The van der Waals surface area contributed by atoms with Crippen LogP contribution in [0.25, 0.3) is 5.70 Å². The van der Waals surface area contributed by atoms with Gasteiger partial charge in [-0.1, -0.05) is 102 Å². The van der Waals surface area contributed by atoms with Crippen LogP contribution in [-0.2, 0) is 6.42 Å². The SMILES string of the molecule is C/C=C(\N=C(C)Nc1ccc(CCCCCCC)cc1)c1ccc(Cl)cc1.CC.CC. The summed E-state index contributed by atoms with van der Waals surface area (Å²) < 4.78 is 0. The Morgan fingerprint density at radius 1 is 0.871 bits per heavy atom. The molecule has 0 fully saturated rings. The Hall–Kier alpha value is -2.06. The van der Waals surface area contributed by atoms with Crippen molar-refractivity contribution in [3.05, 3.63) is 70.8 Å². The predicted molar refractivity (Wildman–Crippen MR) is 143 cm³/mol. The van der Waals surface area contributed by atoms with Crippen LogP contribution in [0.2, 0.25) is 5.02 Å². The summed E-state index contributed by atoms with van der Waals surface area (Å²) in [5.74, 6) is 0.866. The van der Waals surface area contributed by atoms with E-state index in [0.717, 1.165) is 34.2 Å². The molecule has 2 rings (SSSR count). The molecule has 0 aliphatic heterocycles. The molecule has 0 aromatic heterocycles. The van der Waals surface area contributed by atoms with Crippen LogP contribution in [-0.4, -0.2) is 5.84 Å². The van der Waals surface area contributed by atoms with E-state index < -0.39 is 0 Å². The fraction of sp³-hybridized carbons (Fsp3) is 0.464. The maximum atomic E-state index is 5.97. The number of nitrogens with one attached hydrogen (secondary N) is 1. The minimum absolute atomic E-state index is 0.735. The van der Waals surface area contributed by atoms with E-state index in [2.05, 4.69) is 36.5 Å². The minimum atomic E-state index is 0.735. The Morgan fingerprint density at radius 2 is 1.45 bits per heavy atom. The molecule has 0 bridgehead atoms. The fourth-order valence-electron chi connectivity index (χ4n) is 3.02. The van der Waals surface area contributed by atoms with Crippen LogP contribution in [0.3, 0.4) is 0 Å². The number of benzene rings is 2. The van der Waals surface area contributed by atoms with Gasteiger partial charge >= 0.3 is 0 Å². The molecule has 0 atom stereocenters. The van der Waals surface area contributed by atoms with E-state index in [0.29, 0.717) is 0 Å². The van der Waals surface area contributed by atoms with Gasteiger partial charge in [-0.25, -0.2) is 4.99 Å². The first kappa shape index (κ1) is 28.9. The number of hydrogen-bond acceptors (Lipinski definition) is 1. The Bertz CT molecular complexity index is 744. The van der Waals surface area contributed by atoms with Crippen LogP contribution in [0.5, 0.6) is 0 Å². The van der Waals surface area contributed by atoms with Gasteiger partial charge in [0.2, 0.25) is 0 Å². The summed E-state index contributed by atoms with van der Waals surface area (Å²) in [5.41, 5.74) is 4.46. The molecule has 0 aliphatic rings. The van der Waals surface area contributed by atoms with Gasteiger partial charge < -0.3 is 5.32 Å². The van der Waals surface area contributed by atoms with E-state index >= 15 is 0 Å². The minimum Gasteiger partial charge on any atom is -0.344 e. The molecule has 0 amide bonds. The van der Waals surface area contributed by atoms with Crippen molar-refractivity contribution >= 4 is 28.8 Å². The zero-order chi connectivity index (χ0) is 23.5. The smallest absolute Gasteiger partial charge is 0.103 e. The Kier molecular flexibility index (Phi) is 17.4. The molecule has 1 N–H and O–H groups in total. The van der Waals surface area contributed by atoms with Crippen molar-refractivity contribution in [2.45, 2.75) is 87.0 Å². The van der Waals surface area contributed by atoms with Crippen LogP contribution < -0.4 is 5.32 Å². The molecule has 2 nitrogen and oxygen atoms in total. The standard InChI is InChI=1S/C24H31ClN2.2C2H6/c1-4-6-7-8-9-10-20-11-17-23(18-12-20)26-19(3)27-24(5-2)21-13-15-22(25)16-14-21;2*1-2/h5,11-18H,4,6-10H2,1-3H3,(H,26,27);2*1-2H3/b24-5-;;. The second-order valence-corrected chi connectivity index (χ2v) is 7.30. The molecule has 0 heterocycles. The van der Waals surface area contributed by atoms with Crippen molar-refractivity contribution in [2.75, 3.05) is 5.32 Å². The summed E-state index contributed by atoms with van der Waals surface area (Å²) >= 11 is 5.97. The van der Waals surface area contributed by atoms with Gasteiger partial charge in [0.05, 0.1) is 5.70 Å². The first-order valence-corrected chi connectivity index (χ1v) is 12.3. The Balaban J connectivity index is 0.00000212. The molecule has 172 valence electrons. The zero-order valence-corrected chi connectivity index (χ0v) is 21.5. The van der Waals surface area contributed by atoms with Crippen molar-refractivity contribution in [3.8, 4) is 0 Å².